The number of H-pyrrole nitrogens is 1. The normalized spacial score (nSPS) is 25.4. The average molecular weight is 1270 g/mol. The van der Waals surface area contributed by atoms with E-state index in [0.717, 1.165) is 27.7 Å². The van der Waals surface area contributed by atoms with Crippen molar-refractivity contribution in [1.29, 1.82) is 15.8 Å². The van der Waals surface area contributed by atoms with Crippen molar-refractivity contribution in [3.63, 3.8) is 0 Å². The molecule has 6 aromatic carbocycles. The molecule has 9 aliphatic rings. The van der Waals surface area contributed by atoms with Gasteiger partial charge in [0.2, 0.25) is 5.82 Å². The third-order valence-corrected chi connectivity index (χ3v) is 22.5. The summed E-state index contributed by atoms with van der Waals surface area (Å²) in [4.78, 5) is 23.5. The molecule has 13 nitrogen and oxygen atoms in total. The third kappa shape index (κ3) is 11.6. The Balaban J connectivity index is 0.000000134. The van der Waals surface area contributed by atoms with Crippen molar-refractivity contribution in [2.24, 2.45) is 0 Å². The first-order chi connectivity index (χ1) is 39.7. The second-order valence-electron chi connectivity index (χ2n) is 22.7. The van der Waals surface area contributed by atoms with Gasteiger partial charge in [-0.3, -0.25) is 0 Å². The van der Waals surface area contributed by atoms with Gasteiger partial charge in [0.15, 0.2) is 0 Å². The number of para-hydroxylation sites is 3. The molecule has 1 N–H and O–H groups in total. The third-order valence-electron chi connectivity index (χ3n) is 18.7. The number of rotatable bonds is 4. The Bertz CT molecular complexity index is 3450. The van der Waals surface area contributed by atoms with Crippen LogP contribution in [0.3, 0.4) is 0 Å². The van der Waals surface area contributed by atoms with Crippen molar-refractivity contribution in [2.45, 2.75) is 168 Å². The molecule has 0 spiro atoms. The fourth-order valence-electron chi connectivity index (χ4n) is 14.8. The van der Waals surface area contributed by atoms with Crippen LogP contribution in [0.1, 0.15) is 90.0 Å². The molecule has 7 aromatic rings. The first kappa shape index (κ1) is 60.4. The van der Waals surface area contributed by atoms with Gasteiger partial charge in [-0.15, -0.1) is 10.2 Å². The molecule has 0 saturated carbocycles. The molecule has 16 rings (SSSR count). The van der Waals surface area contributed by atoms with Crippen LogP contribution >= 0.6 is 51.2 Å². The Hall–Kier alpha value is -5.71. The first-order valence-corrected chi connectivity index (χ1v) is 31.5. The Morgan fingerprint density at radius 2 is 0.819 bits per heavy atom. The van der Waals surface area contributed by atoms with Crippen LogP contribution in [0.15, 0.2) is 161 Å². The van der Waals surface area contributed by atoms with Crippen LogP contribution in [0, 0.1) is 35.0 Å². The first-order valence-electron chi connectivity index (χ1n) is 28.2. The van der Waals surface area contributed by atoms with E-state index in [-0.39, 0.29) is 26.9 Å². The van der Waals surface area contributed by atoms with Crippen LogP contribution in [-0.2, 0) is 19.5 Å². The van der Waals surface area contributed by atoms with E-state index in [2.05, 4.69) is 208 Å². The Morgan fingerprint density at radius 3 is 1.20 bits per heavy atom. The van der Waals surface area contributed by atoms with E-state index in [4.69, 9.17) is 23.7 Å². The Kier molecular flexibility index (Phi) is 19.1. The fraction of sp³-hybridized carbons (Fsp3) is 0.385. The van der Waals surface area contributed by atoms with Gasteiger partial charge in [0.1, 0.15) is 0 Å². The smallest absolute Gasteiger partial charge is 0.512 e. The molecule has 0 amide bonds. The van der Waals surface area contributed by atoms with Gasteiger partial charge in [-0.25, -0.2) is 0 Å². The minimum Gasteiger partial charge on any atom is -0.512 e. The van der Waals surface area contributed by atoms with Crippen LogP contribution in [0.25, 0.3) is 11.4 Å². The van der Waals surface area contributed by atoms with E-state index in [1.165, 1.54) is 141 Å². The molecule has 9 aliphatic heterocycles. The summed E-state index contributed by atoms with van der Waals surface area (Å²) in [6.07, 6.45) is 15.6. The van der Waals surface area contributed by atoms with Crippen molar-refractivity contribution in [1.82, 2.24) is 35.3 Å². The van der Waals surface area contributed by atoms with Gasteiger partial charge in [0.25, 0.3) is 0 Å². The summed E-state index contributed by atoms with van der Waals surface area (Å²) in [5.41, 5.74) is 9.79. The van der Waals surface area contributed by atoms with E-state index in [9.17, 15) is 5.26 Å². The summed E-state index contributed by atoms with van der Waals surface area (Å²) in [6, 6.07) is 54.3. The molecule has 420 valence electrons. The quantitative estimate of drug-likeness (QED) is 0.132. The van der Waals surface area contributed by atoms with Gasteiger partial charge in [-0.2, -0.15) is 10.5 Å². The number of nitrogens with zero attached hydrogens (tertiary/aromatic N) is 12. The van der Waals surface area contributed by atoms with Crippen LogP contribution in [0.4, 0.5) is 34.1 Å². The van der Waals surface area contributed by atoms with E-state index in [0.29, 0.717) is 48.1 Å². The molecule has 6 fully saturated rings. The van der Waals surface area contributed by atoms with Crippen molar-refractivity contribution in [3.8, 4) is 17.5 Å². The van der Waals surface area contributed by atoms with E-state index < -0.39 is 0 Å². The zero-order valence-electron chi connectivity index (χ0n) is 46.5. The molecule has 10 heterocycles. The number of anilines is 6. The zero-order chi connectivity index (χ0) is 55.9. The largest absolute Gasteiger partial charge is 2.00 e. The number of aromatic nitrogens is 4. The van der Waals surface area contributed by atoms with Gasteiger partial charge in [0, 0.05) is 93.8 Å². The number of tetrazole rings is 1. The zero-order valence-corrected chi connectivity index (χ0v) is 53.5. The maximum atomic E-state index is 9.28. The monoisotopic (exact) mass is 1270 g/mol. The summed E-state index contributed by atoms with van der Waals surface area (Å²) in [5, 5.41) is 36.3. The molecule has 83 heavy (non-hydrogen) atoms. The molecular weight excluding hydrogens is 1200 g/mol. The van der Waals surface area contributed by atoms with E-state index in [1.54, 1.807) is 11.8 Å². The average Bonchev–Trinajstić information content (AvgIpc) is 3.16. The van der Waals surface area contributed by atoms with Crippen molar-refractivity contribution < 1.29 is 19.5 Å². The number of fused-ring (bicyclic) bond motifs is 12. The van der Waals surface area contributed by atoms with Gasteiger partial charge in [0.05, 0.1) is 45.8 Å². The van der Waals surface area contributed by atoms with E-state index >= 15 is 0 Å². The second-order valence-corrected chi connectivity index (χ2v) is 26.8. The van der Waals surface area contributed by atoms with Crippen LogP contribution in [0.2, 0.25) is 0 Å². The van der Waals surface area contributed by atoms with Crippen LogP contribution in [0.5, 0.6) is 0 Å². The fourth-order valence-corrected chi connectivity index (χ4v) is 18.6. The van der Waals surface area contributed by atoms with Crippen LogP contribution in [-0.4, -0.2) is 111 Å². The van der Waals surface area contributed by atoms with Gasteiger partial charge in [-0.1, -0.05) is 95.0 Å². The molecule has 18 heteroatoms. The molecule has 0 aliphatic carbocycles. The summed E-state index contributed by atoms with van der Waals surface area (Å²) in [5.74, 6) is 0.645. The summed E-state index contributed by atoms with van der Waals surface area (Å²) >= 11 is 9.18. The van der Waals surface area contributed by atoms with Crippen molar-refractivity contribution in [2.75, 3.05) is 35.8 Å². The number of nitriles is 1. The topological polar surface area (TPSA) is 145 Å². The second kappa shape index (κ2) is 26.3. The SMILES string of the molecule is C.CN1C2CCC1CC(N1c3ccccc3Sc3cc(-c4nn[nH]n4)ccc31)C2.CN1C2CCC1CC(N1c3ccccc3Sc3cc(Br)ccc31)C2.CN1C2CCC1CC(N1c3ccccc3Sc3cc(C#N)ccc31)C2.[C-]#N.[C-]#N.[Zn+2]. The number of hydrogen-bond acceptors (Lipinski definition) is 15. The summed E-state index contributed by atoms with van der Waals surface area (Å²) in [7, 11) is 6.93. The van der Waals surface area contributed by atoms with Crippen LogP contribution < -0.4 is 14.7 Å². The Labute approximate surface area is 524 Å². The Morgan fingerprint density at radius 1 is 0.470 bits per heavy atom. The maximum Gasteiger partial charge on any atom is 2.00 e. The number of piperidine rings is 3. The maximum absolute atomic E-state index is 9.28. The molecule has 6 atom stereocenters. The molecule has 6 bridgehead atoms. The van der Waals surface area contributed by atoms with Gasteiger partial charge >= 0.3 is 19.5 Å². The molecule has 6 saturated heterocycles. The van der Waals surface area contributed by atoms with Crippen molar-refractivity contribution in [3.05, 3.63) is 151 Å². The minimum atomic E-state index is 0. The minimum absolute atomic E-state index is 0. The standard InChI is InChI=1S/C21H22N6S.C21H21N3S.C20H21BrN2S.2CN.CH4.Zn/c1-26-14-7-8-15(26)12-16(11-14)27-17-4-2-3-5-19(17)28-20-10-13(6-9-18(20)27)21-22-24-25-23-21;1-23-15-7-8-16(23)12-17(11-15)24-18-4-2-3-5-20(18)25-21-10-14(13-22)6-9-19(21)24;1-22-14-7-8-15(22)12-16(11-14)23-17-4-2-3-5-19(17)24-20-10-13(21)6-9-18(20)23;2*1-2;;/h2-6,9-10,14-16H,7-8,11-12H2,1H3,(H,22,23,24,25);2-6,9-10,15-17H,7-8,11-12H2,1H3;2-6,9-10,14-16H,7-8,11-12H2,1H3;;;1H4;/q;;;2*-1;;+2. The predicted octanol–water partition coefficient (Wildman–Crippen LogP) is 15.4. The molecule has 0 radical (unpaired) electrons. The van der Waals surface area contributed by atoms with Gasteiger partial charge in [-0.05, 0) is 194 Å². The van der Waals surface area contributed by atoms with E-state index in [1.807, 2.05) is 35.7 Å². The number of hydrogen-bond donors (Lipinski definition) is 1. The summed E-state index contributed by atoms with van der Waals surface area (Å²) < 4.78 is 1.16. The number of aromatic amines is 1. The summed E-state index contributed by atoms with van der Waals surface area (Å²) in [6.45, 7) is 9.50. The molecule has 6 unspecified atom stereocenters. The van der Waals surface area contributed by atoms with Gasteiger partial charge < -0.3 is 53.1 Å². The predicted molar refractivity (Wildman–Crippen MR) is 332 cm³/mol. The molecular formula is C65H68BrN13S3Zn. The van der Waals surface area contributed by atoms with Crippen molar-refractivity contribution >= 4 is 85.3 Å². The molecule has 1 aromatic heterocycles. The number of nitrogens with one attached hydrogen (secondary N) is 1. The number of benzene rings is 6. The number of halogens is 1.